The van der Waals surface area contributed by atoms with Gasteiger partial charge in [-0.1, -0.05) is 0 Å². The van der Waals surface area contributed by atoms with E-state index in [-0.39, 0.29) is 5.95 Å². The van der Waals surface area contributed by atoms with E-state index in [2.05, 4.69) is 15.1 Å². The lowest BCUT2D eigenvalue weighted by atomic mass is 10.2. The molecule has 2 N–H and O–H groups in total. The van der Waals surface area contributed by atoms with Gasteiger partial charge in [0.1, 0.15) is 0 Å². The fourth-order valence-corrected chi connectivity index (χ4v) is 1.90. The van der Waals surface area contributed by atoms with Crippen LogP contribution in [0.1, 0.15) is 12.5 Å². The zero-order valence-corrected chi connectivity index (χ0v) is 9.28. The number of hydrogen-bond donors (Lipinski definition) is 1. The van der Waals surface area contributed by atoms with Crippen molar-refractivity contribution in [3.8, 4) is 11.1 Å². The molecule has 0 radical (unpaired) electrons. The first-order chi connectivity index (χ1) is 8.33. The van der Waals surface area contributed by atoms with Gasteiger partial charge in [0.15, 0.2) is 0 Å². The molecule has 1 aliphatic heterocycles. The van der Waals surface area contributed by atoms with Gasteiger partial charge in [-0.2, -0.15) is 5.10 Å². The van der Waals surface area contributed by atoms with Gasteiger partial charge in [-0.3, -0.25) is 4.68 Å². The number of hydrogen-bond acceptors (Lipinski definition) is 5. The molecule has 17 heavy (non-hydrogen) atoms. The lowest BCUT2D eigenvalue weighted by Crippen LogP contribution is -2.08. The van der Waals surface area contributed by atoms with Crippen LogP contribution in [-0.4, -0.2) is 33.0 Å². The molecule has 2 aromatic rings. The van der Waals surface area contributed by atoms with Crippen molar-refractivity contribution in [1.82, 2.24) is 19.7 Å². The molecule has 0 aromatic carbocycles. The maximum atomic E-state index is 5.45. The summed E-state index contributed by atoms with van der Waals surface area (Å²) in [6.45, 7) is 1.55. The van der Waals surface area contributed by atoms with E-state index in [1.165, 1.54) is 0 Å². The number of anilines is 1. The molecule has 1 atom stereocenters. The highest BCUT2D eigenvalue weighted by Gasteiger charge is 2.18. The number of aromatic nitrogens is 4. The van der Waals surface area contributed by atoms with E-state index in [1.54, 1.807) is 12.4 Å². The van der Waals surface area contributed by atoms with Crippen molar-refractivity contribution in [1.29, 1.82) is 0 Å². The van der Waals surface area contributed by atoms with Crippen LogP contribution in [0.5, 0.6) is 0 Å². The van der Waals surface area contributed by atoms with E-state index in [9.17, 15) is 0 Å². The van der Waals surface area contributed by atoms with Gasteiger partial charge in [-0.25, -0.2) is 9.97 Å². The SMILES string of the molecule is Nc1ncc(-c2cnn(C3CCOC3)c2)cn1. The van der Waals surface area contributed by atoms with E-state index in [0.29, 0.717) is 6.04 Å². The Balaban J connectivity index is 1.86. The minimum atomic E-state index is 0.283. The van der Waals surface area contributed by atoms with Crippen LogP contribution in [0.25, 0.3) is 11.1 Å². The molecule has 0 amide bonds. The second-order valence-electron chi connectivity index (χ2n) is 4.06. The normalized spacial score (nSPS) is 19.6. The van der Waals surface area contributed by atoms with E-state index < -0.39 is 0 Å². The molecule has 2 aromatic heterocycles. The van der Waals surface area contributed by atoms with E-state index >= 15 is 0 Å². The molecule has 3 rings (SSSR count). The van der Waals surface area contributed by atoms with Gasteiger partial charge >= 0.3 is 0 Å². The smallest absolute Gasteiger partial charge is 0.219 e. The average Bonchev–Trinajstić information content (AvgIpc) is 3.00. The zero-order chi connectivity index (χ0) is 11.7. The van der Waals surface area contributed by atoms with Gasteiger partial charge in [0.2, 0.25) is 5.95 Å². The molecule has 0 spiro atoms. The summed E-state index contributed by atoms with van der Waals surface area (Å²) in [5.74, 6) is 0.283. The van der Waals surface area contributed by atoms with Crippen LogP contribution in [0, 0.1) is 0 Å². The molecule has 1 saturated heterocycles. The van der Waals surface area contributed by atoms with Crippen LogP contribution in [0.15, 0.2) is 24.8 Å². The molecule has 1 unspecified atom stereocenters. The van der Waals surface area contributed by atoms with Gasteiger partial charge in [0.25, 0.3) is 0 Å². The summed E-state index contributed by atoms with van der Waals surface area (Å²) in [7, 11) is 0. The van der Waals surface area contributed by atoms with Crippen LogP contribution in [0.2, 0.25) is 0 Å². The monoisotopic (exact) mass is 231 g/mol. The summed E-state index contributed by atoms with van der Waals surface area (Å²) in [6, 6.07) is 0.346. The van der Waals surface area contributed by atoms with Gasteiger partial charge in [-0.05, 0) is 6.42 Å². The van der Waals surface area contributed by atoms with Gasteiger partial charge in [-0.15, -0.1) is 0 Å². The minimum Gasteiger partial charge on any atom is -0.379 e. The molecule has 0 saturated carbocycles. The quantitative estimate of drug-likeness (QED) is 0.830. The fraction of sp³-hybridized carbons (Fsp3) is 0.364. The van der Waals surface area contributed by atoms with Crippen LogP contribution in [0.3, 0.4) is 0 Å². The number of nitrogens with two attached hydrogens (primary N) is 1. The van der Waals surface area contributed by atoms with Crippen LogP contribution >= 0.6 is 0 Å². The maximum absolute atomic E-state index is 5.45. The van der Waals surface area contributed by atoms with Gasteiger partial charge < -0.3 is 10.5 Å². The minimum absolute atomic E-state index is 0.283. The second kappa shape index (κ2) is 4.14. The molecule has 0 bridgehead atoms. The van der Waals surface area contributed by atoms with Gasteiger partial charge in [0.05, 0.1) is 18.8 Å². The summed E-state index contributed by atoms with van der Waals surface area (Å²) in [4.78, 5) is 7.93. The lowest BCUT2D eigenvalue weighted by molar-refractivity contribution is 0.184. The second-order valence-corrected chi connectivity index (χ2v) is 4.06. The third-order valence-electron chi connectivity index (χ3n) is 2.89. The Labute approximate surface area is 98.4 Å². The first kappa shape index (κ1) is 10.2. The highest BCUT2D eigenvalue weighted by atomic mass is 16.5. The molecular weight excluding hydrogens is 218 g/mol. The highest BCUT2D eigenvalue weighted by Crippen LogP contribution is 2.22. The molecule has 1 fully saturated rings. The van der Waals surface area contributed by atoms with Crippen molar-refractivity contribution in [2.75, 3.05) is 18.9 Å². The van der Waals surface area contributed by atoms with Crippen molar-refractivity contribution in [2.24, 2.45) is 0 Å². The molecular formula is C11H13N5O. The highest BCUT2D eigenvalue weighted by molar-refractivity contribution is 5.59. The summed E-state index contributed by atoms with van der Waals surface area (Å²) < 4.78 is 7.28. The summed E-state index contributed by atoms with van der Waals surface area (Å²) in [5, 5.41) is 4.35. The summed E-state index contributed by atoms with van der Waals surface area (Å²) in [6.07, 6.45) is 8.23. The van der Waals surface area contributed by atoms with Crippen molar-refractivity contribution in [2.45, 2.75) is 12.5 Å². The molecule has 6 nitrogen and oxygen atoms in total. The standard InChI is InChI=1S/C11H13N5O/c12-11-13-3-8(4-14-11)9-5-15-16(6-9)10-1-2-17-7-10/h3-6,10H,1-2,7H2,(H2,12,13,14). The van der Waals surface area contributed by atoms with Crippen molar-refractivity contribution < 1.29 is 4.74 Å². The van der Waals surface area contributed by atoms with Gasteiger partial charge in [0, 0.05) is 36.3 Å². The third kappa shape index (κ3) is 1.99. The number of nitrogen functional groups attached to an aromatic ring is 1. The van der Waals surface area contributed by atoms with Crippen molar-refractivity contribution >= 4 is 5.95 Å². The zero-order valence-electron chi connectivity index (χ0n) is 9.28. The van der Waals surface area contributed by atoms with E-state index in [4.69, 9.17) is 10.5 Å². The van der Waals surface area contributed by atoms with Crippen molar-refractivity contribution in [3.05, 3.63) is 24.8 Å². The number of nitrogens with zero attached hydrogens (tertiary/aromatic N) is 4. The summed E-state index contributed by atoms with van der Waals surface area (Å²) >= 11 is 0. The Morgan fingerprint density at radius 2 is 2.06 bits per heavy atom. The van der Waals surface area contributed by atoms with E-state index in [0.717, 1.165) is 30.8 Å². The Bertz CT molecular complexity index is 501. The molecule has 1 aliphatic rings. The maximum Gasteiger partial charge on any atom is 0.219 e. The Morgan fingerprint density at radius 3 is 2.76 bits per heavy atom. The van der Waals surface area contributed by atoms with Crippen LogP contribution in [0.4, 0.5) is 5.95 Å². The van der Waals surface area contributed by atoms with Crippen molar-refractivity contribution in [3.63, 3.8) is 0 Å². The summed E-state index contributed by atoms with van der Waals surface area (Å²) in [5.41, 5.74) is 7.37. The number of rotatable bonds is 2. The van der Waals surface area contributed by atoms with Crippen LogP contribution in [-0.2, 0) is 4.74 Å². The Hall–Kier alpha value is -1.95. The predicted octanol–water partition coefficient (Wildman–Crippen LogP) is 0.884. The van der Waals surface area contributed by atoms with E-state index in [1.807, 2.05) is 17.1 Å². The Morgan fingerprint density at radius 1 is 1.24 bits per heavy atom. The lowest BCUT2D eigenvalue weighted by Gasteiger charge is -2.06. The Kier molecular flexibility index (Phi) is 2.49. The molecule has 3 heterocycles. The third-order valence-corrected chi connectivity index (χ3v) is 2.89. The predicted molar refractivity (Wildman–Crippen MR) is 62.1 cm³/mol. The topological polar surface area (TPSA) is 78.8 Å². The largest absolute Gasteiger partial charge is 0.379 e. The fourth-order valence-electron chi connectivity index (χ4n) is 1.90. The first-order valence-electron chi connectivity index (χ1n) is 5.53. The van der Waals surface area contributed by atoms with Crippen LogP contribution < -0.4 is 5.73 Å². The first-order valence-corrected chi connectivity index (χ1v) is 5.53. The molecule has 88 valence electrons. The average molecular weight is 231 g/mol. The molecule has 0 aliphatic carbocycles. The number of ether oxygens (including phenoxy) is 1. The molecule has 6 heteroatoms.